The lowest BCUT2D eigenvalue weighted by Crippen LogP contribution is -2.15. The summed E-state index contributed by atoms with van der Waals surface area (Å²) >= 11 is 0. The van der Waals surface area contributed by atoms with Crippen molar-refractivity contribution in [3.05, 3.63) is 48.3 Å². The Hall–Kier alpha value is -2.73. The number of hydrogen-bond acceptors (Lipinski definition) is 5. The van der Waals surface area contributed by atoms with Gasteiger partial charge in [0, 0.05) is 18.7 Å². The van der Waals surface area contributed by atoms with Gasteiger partial charge in [0.05, 0.1) is 17.6 Å². The number of aromatic nitrogens is 2. The highest BCUT2D eigenvalue weighted by molar-refractivity contribution is 5.80. The molecule has 0 saturated carbocycles. The summed E-state index contributed by atoms with van der Waals surface area (Å²) < 4.78 is 19.0. The second kappa shape index (κ2) is 6.41. The number of aliphatic hydroxyl groups excluding tert-OH is 1. The Bertz CT molecular complexity index is 845. The highest BCUT2D eigenvalue weighted by Crippen LogP contribution is 2.34. The maximum Gasteiger partial charge on any atom is 0.163 e. The first-order valence-electron chi connectivity index (χ1n) is 7.92. The van der Waals surface area contributed by atoms with Gasteiger partial charge in [-0.15, -0.1) is 0 Å². The molecule has 3 aromatic rings. The highest BCUT2D eigenvalue weighted by Gasteiger charge is 2.18. The number of hydrogen-bond donors (Lipinski definition) is 1. The molecule has 0 unspecified atom stereocenters. The van der Waals surface area contributed by atoms with Gasteiger partial charge in [-0.05, 0) is 12.1 Å². The van der Waals surface area contributed by atoms with Gasteiger partial charge in [-0.3, -0.25) is 0 Å². The molecule has 0 bridgehead atoms. The molecule has 24 heavy (non-hydrogen) atoms. The quantitative estimate of drug-likeness (QED) is 0.780. The van der Waals surface area contributed by atoms with Crippen LogP contribution in [0.2, 0.25) is 0 Å². The molecule has 0 saturated heterocycles. The predicted octanol–water partition coefficient (Wildman–Crippen LogP) is 2.38. The van der Waals surface area contributed by atoms with Crippen LogP contribution in [-0.4, -0.2) is 34.5 Å². The maximum atomic E-state index is 9.40. The van der Waals surface area contributed by atoms with E-state index in [0.29, 0.717) is 37.9 Å². The highest BCUT2D eigenvalue weighted by atomic mass is 16.6. The predicted molar refractivity (Wildman–Crippen MR) is 88.6 cm³/mol. The summed E-state index contributed by atoms with van der Waals surface area (Å²) in [5.74, 6) is 2.96. The molecule has 1 aromatic heterocycles. The molecule has 0 amide bonds. The van der Waals surface area contributed by atoms with Crippen LogP contribution in [0.5, 0.6) is 17.2 Å². The zero-order valence-corrected chi connectivity index (χ0v) is 13.1. The molecule has 1 aliphatic heterocycles. The minimum absolute atomic E-state index is 0.0260. The maximum absolute atomic E-state index is 9.40. The van der Waals surface area contributed by atoms with Crippen LogP contribution in [0.4, 0.5) is 0 Å². The second-order valence-electron chi connectivity index (χ2n) is 5.49. The fraction of sp³-hybridized carbons (Fsp3) is 0.278. The lowest BCUT2D eigenvalue weighted by atomic mass is 10.2. The summed E-state index contributed by atoms with van der Waals surface area (Å²) in [6.45, 7) is 1.88. The standard InChI is InChI=1S/C18H18N2O4/c21-7-6-20-15-11-17-16(22-8-9-23-17)10-14(15)19-18(20)12-24-13-4-2-1-3-5-13/h1-5,10-11,21H,6-9,12H2. The van der Waals surface area contributed by atoms with Crippen LogP contribution in [0.15, 0.2) is 42.5 Å². The van der Waals surface area contributed by atoms with Crippen LogP contribution in [0.3, 0.4) is 0 Å². The van der Waals surface area contributed by atoms with E-state index in [0.717, 1.165) is 22.6 Å². The van der Waals surface area contributed by atoms with Crippen LogP contribution < -0.4 is 14.2 Å². The van der Waals surface area contributed by atoms with Crippen molar-refractivity contribution in [3.63, 3.8) is 0 Å². The van der Waals surface area contributed by atoms with E-state index in [4.69, 9.17) is 14.2 Å². The minimum atomic E-state index is 0.0260. The lowest BCUT2D eigenvalue weighted by molar-refractivity contribution is 0.172. The summed E-state index contributed by atoms with van der Waals surface area (Å²) in [7, 11) is 0. The summed E-state index contributed by atoms with van der Waals surface area (Å²) in [4.78, 5) is 4.65. The molecule has 4 rings (SSSR count). The van der Waals surface area contributed by atoms with Crippen molar-refractivity contribution in [1.29, 1.82) is 0 Å². The molecule has 6 heteroatoms. The summed E-state index contributed by atoms with van der Waals surface area (Å²) in [6, 6.07) is 13.4. The van der Waals surface area contributed by atoms with Gasteiger partial charge in [-0.2, -0.15) is 0 Å². The second-order valence-corrected chi connectivity index (χ2v) is 5.49. The number of ether oxygens (including phenoxy) is 3. The molecule has 0 radical (unpaired) electrons. The fourth-order valence-electron chi connectivity index (χ4n) is 2.84. The van der Waals surface area contributed by atoms with Crippen molar-refractivity contribution < 1.29 is 19.3 Å². The molecule has 2 aromatic carbocycles. The molecule has 0 fully saturated rings. The minimum Gasteiger partial charge on any atom is -0.486 e. The molecule has 6 nitrogen and oxygen atoms in total. The molecule has 0 aliphatic carbocycles. The molecule has 0 spiro atoms. The van der Waals surface area contributed by atoms with Gasteiger partial charge in [0.2, 0.25) is 0 Å². The van der Waals surface area contributed by atoms with Gasteiger partial charge >= 0.3 is 0 Å². The van der Waals surface area contributed by atoms with Crippen LogP contribution in [-0.2, 0) is 13.2 Å². The number of rotatable bonds is 5. The van der Waals surface area contributed by atoms with Crippen LogP contribution in [0, 0.1) is 0 Å². The van der Waals surface area contributed by atoms with E-state index in [2.05, 4.69) is 4.98 Å². The normalized spacial score (nSPS) is 13.2. The first-order chi connectivity index (χ1) is 11.8. The molecule has 0 atom stereocenters. The van der Waals surface area contributed by atoms with E-state index in [1.165, 1.54) is 0 Å². The Balaban J connectivity index is 1.69. The molecule has 1 N–H and O–H groups in total. The van der Waals surface area contributed by atoms with E-state index in [-0.39, 0.29) is 6.61 Å². The van der Waals surface area contributed by atoms with E-state index in [9.17, 15) is 5.11 Å². The number of aliphatic hydroxyl groups is 1. The van der Waals surface area contributed by atoms with E-state index >= 15 is 0 Å². The van der Waals surface area contributed by atoms with Crippen molar-refractivity contribution in [2.24, 2.45) is 0 Å². The first-order valence-corrected chi connectivity index (χ1v) is 7.92. The number of benzene rings is 2. The Kier molecular flexibility index (Phi) is 3.96. The van der Waals surface area contributed by atoms with Crippen LogP contribution >= 0.6 is 0 Å². The van der Waals surface area contributed by atoms with Gasteiger partial charge in [0.15, 0.2) is 11.5 Å². The fourth-order valence-corrected chi connectivity index (χ4v) is 2.84. The number of nitrogens with zero attached hydrogens (tertiary/aromatic N) is 2. The van der Waals surface area contributed by atoms with Gasteiger partial charge < -0.3 is 23.9 Å². The smallest absolute Gasteiger partial charge is 0.163 e. The summed E-state index contributed by atoms with van der Waals surface area (Å²) in [6.07, 6.45) is 0. The Labute approximate surface area is 139 Å². The Morgan fingerprint density at radius 1 is 1.08 bits per heavy atom. The number of para-hydroxylation sites is 1. The van der Waals surface area contributed by atoms with Gasteiger partial charge in [-0.25, -0.2) is 4.98 Å². The third kappa shape index (κ3) is 2.76. The van der Waals surface area contributed by atoms with Crippen molar-refractivity contribution in [3.8, 4) is 17.2 Å². The van der Waals surface area contributed by atoms with E-state index in [1.54, 1.807) is 0 Å². The van der Waals surface area contributed by atoms with E-state index < -0.39 is 0 Å². The Morgan fingerprint density at radius 2 is 1.83 bits per heavy atom. The number of fused-ring (bicyclic) bond motifs is 2. The topological polar surface area (TPSA) is 65.7 Å². The largest absolute Gasteiger partial charge is 0.486 e. The van der Waals surface area contributed by atoms with Crippen LogP contribution in [0.1, 0.15) is 5.82 Å². The average molecular weight is 326 g/mol. The molecule has 124 valence electrons. The van der Waals surface area contributed by atoms with Crippen molar-refractivity contribution in [1.82, 2.24) is 9.55 Å². The SMILES string of the molecule is OCCn1c(COc2ccccc2)nc2cc3c(cc21)OCCO3. The van der Waals surface area contributed by atoms with Gasteiger partial charge in [-0.1, -0.05) is 18.2 Å². The molecule has 1 aliphatic rings. The summed E-state index contributed by atoms with van der Waals surface area (Å²) in [5.41, 5.74) is 1.71. The Morgan fingerprint density at radius 3 is 2.58 bits per heavy atom. The monoisotopic (exact) mass is 326 g/mol. The summed E-state index contributed by atoms with van der Waals surface area (Å²) in [5, 5.41) is 9.40. The lowest BCUT2D eigenvalue weighted by Gasteiger charge is -2.18. The van der Waals surface area contributed by atoms with Gasteiger partial charge in [0.25, 0.3) is 0 Å². The number of imidazole rings is 1. The third-order valence-electron chi connectivity index (χ3n) is 3.93. The first kappa shape index (κ1) is 14.8. The molecule has 2 heterocycles. The molecular formula is C18H18N2O4. The zero-order chi connectivity index (χ0) is 16.4. The van der Waals surface area contributed by atoms with Crippen molar-refractivity contribution >= 4 is 11.0 Å². The van der Waals surface area contributed by atoms with E-state index in [1.807, 2.05) is 47.0 Å². The van der Waals surface area contributed by atoms with Crippen molar-refractivity contribution in [2.45, 2.75) is 13.2 Å². The van der Waals surface area contributed by atoms with Crippen LogP contribution in [0.25, 0.3) is 11.0 Å². The zero-order valence-electron chi connectivity index (χ0n) is 13.1. The van der Waals surface area contributed by atoms with Crippen molar-refractivity contribution in [2.75, 3.05) is 19.8 Å². The molecular weight excluding hydrogens is 308 g/mol. The average Bonchev–Trinajstić information content (AvgIpc) is 2.96. The third-order valence-corrected chi connectivity index (χ3v) is 3.93. The van der Waals surface area contributed by atoms with Gasteiger partial charge in [0.1, 0.15) is 31.4 Å².